The van der Waals surface area contributed by atoms with Gasteiger partial charge in [0.2, 0.25) is 5.91 Å². The van der Waals surface area contributed by atoms with Gasteiger partial charge in [0.1, 0.15) is 0 Å². The molecule has 0 fully saturated rings. The second kappa shape index (κ2) is 8.60. The molecule has 0 spiro atoms. The normalized spacial score (nSPS) is 10.4. The Balaban J connectivity index is 1.86. The fourth-order valence-electron chi connectivity index (χ4n) is 2.69. The Morgan fingerprint density at radius 1 is 1.11 bits per heavy atom. The number of benzene rings is 2. The van der Waals surface area contributed by atoms with Crippen LogP contribution >= 0.6 is 11.3 Å². The first-order valence-electron chi connectivity index (χ1n) is 8.64. The van der Waals surface area contributed by atoms with Crippen LogP contribution in [0.15, 0.2) is 53.9 Å². The smallest absolute Gasteiger partial charge is 0.340 e. The van der Waals surface area contributed by atoms with Crippen molar-refractivity contribution in [2.45, 2.75) is 20.3 Å². The van der Waals surface area contributed by atoms with Crippen LogP contribution in [0.25, 0.3) is 11.1 Å². The molecule has 0 aliphatic rings. The van der Waals surface area contributed by atoms with E-state index in [0.717, 1.165) is 16.1 Å². The Kier molecular flexibility index (Phi) is 5.98. The summed E-state index contributed by atoms with van der Waals surface area (Å²) in [4.78, 5) is 29.1. The van der Waals surface area contributed by atoms with Gasteiger partial charge in [0, 0.05) is 5.38 Å². The standard InChI is InChI=1S/C21H20N2O3S/c1-3-26-21(25)18-11-16(15-7-5-4-6-8-15)9-10-19(18)23-20(24)12-17-13-27-14(2)22-17/h4-11,13H,3,12H2,1-2H3,(H,23,24). The number of aryl methyl sites for hydroxylation is 1. The molecule has 1 aromatic heterocycles. The number of carbonyl (C=O) groups excluding carboxylic acids is 2. The maximum atomic E-state index is 12.4. The predicted molar refractivity (Wildman–Crippen MR) is 107 cm³/mol. The molecule has 0 atom stereocenters. The van der Waals surface area contributed by atoms with Crippen molar-refractivity contribution in [1.29, 1.82) is 0 Å². The molecule has 3 aromatic rings. The Bertz CT molecular complexity index is 951. The molecule has 0 radical (unpaired) electrons. The lowest BCUT2D eigenvalue weighted by molar-refractivity contribution is -0.115. The van der Waals surface area contributed by atoms with Crippen molar-refractivity contribution in [3.63, 3.8) is 0 Å². The van der Waals surface area contributed by atoms with Crippen LogP contribution in [0.3, 0.4) is 0 Å². The molecule has 0 aliphatic heterocycles. The van der Waals surface area contributed by atoms with E-state index in [1.807, 2.05) is 48.7 Å². The number of hydrogen-bond donors (Lipinski definition) is 1. The second-order valence-corrected chi connectivity index (χ2v) is 6.99. The van der Waals surface area contributed by atoms with Gasteiger partial charge in [0.05, 0.1) is 35.0 Å². The summed E-state index contributed by atoms with van der Waals surface area (Å²) in [5, 5.41) is 5.59. The number of nitrogens with one attached hydrogen (secondary N) is 1. The fraction of sp³-hybridized carbons (Fsp3) is 0.190. The molecule has 2 aromatic carbocycles. The topological polar surface area (TPSA) is 68.3 Å². The quantitative estimate of drug-likeness (QED) is 0.641. The van der Waals surface area contributed by atoms with Crippen LogP contribution in [-0.4, -0.2) is 23.5 Å². The summed E-state index contributed by atoms with van der Waals surface area (Å²) in [6.45, 7) is 3.91. The summed E-state index contributed by atoms with van der Waals surface area (Å²) < 4.78 is 5.16. The number of anilines is 1. The van der Waals surface area contributed by atoms with Crippen LogP contribution in [-0.2, 0) is 16.0 Å². The number of thiazole rings is 1. The molecule has 1 heterocycles. The van der Waals surface area contributed by atoms with E-state index in [1.165, 1.54) is 11.3 Å². The maximum absolute atomic E-state index is 12.4. The van der Waals surface area contributed by atoms with Gasteiger partial charge in [-0.15, -0.1) is 11.3 Å². The molecule has 1 amide bonds. The van der Waals surface area contributed by atoms with Crippen molar-refractivity contribution in [3.8, 4) is 11.1 Å². The summed E-state index contributed by atoms with van der Waals surface area (Å²) in [5.41, 5.74) is 3.35. The minimum absolute atomic E-state index is 0.160. The van der Waals surface area contributed by atoms with E-state index >= 15 is 0 Å². The van der Waals surface area contributed by atoms with Crippen LogP contribution in [0, 0.1) is 6.92 Å². The summed E-state index contributed by atoms with van der Waals surface area (Å²) in [5.74, 6) is -0.687. The molecule has 3 rings (SSSR count). The first-order valence-corrected chi connectivity index (χ1v) is 9.52. The summed E-state index contributed by atoms with van der Waals surface area (Å²) in [6, 6.07) is 15.1. The van der Waals surface area contributed by atoms with Gasteiger partial charge < -0.3 is 10.1 Å². The van der Waals surface area contributed by atoms with Crippen LogP contribution in [0.4, 0.5) is 5.69 Å². The van der Waals surface area contributed by atoms with E-state index in [4.69, 9.17) is 4.74 Å². The van der Waals surface area contributed by atoms with Crippen LogP contribution in [0.1, 0.15) is 28.0 Å². The SMILES string of the molecule is CCOC(=O)c1cc(-c2ccccc2)ccc1NC(=O)Cc1csc(C)n1. The highest BCUT2D eigenvalue weighted by molar-refractivity contribution is 7.09. The van der Waals surface area contributed by atoms with Crippen LogP contribution in [0.5, 0.6) is 0 Å². The van der Waals surface area contributed by atoms with Crippen molar-refractivity contribution in [3.05, 3.63) is 70.2 Å². The zero-order valence-electron chi connectivity index (χ0n) is 15.2. The van der Waals surface area contributed by atoms with Crippen LogP contribution in [0.2, 0.25) is 0 Å². The zero-order valence-corrected chi connectivity index (χ0v) is 16.0. The molecule has 6 heteroatoms. The maximum Gasteiger partial charge on any atom is 0.340 e. The lowest BCUT2D eigenvalue weighted by Gasteiger charge is -2.12. The number of ether oxygens (including phenoxy) is 1. The number of hydrogen-bond acceptors (Lipinski definition) is 5. The van der Waals surface area contributed by atoms with Crippen molar-refractivity contribution in [1.82, 2.24) is 4.98 Å². The van der Waals surface area contributed by atoms with Gasteiger partial charge in [-0.3, -0.25) is 4.79 Å². The van der Waals surface area contributed by atoms with Gasteiger partial charge in [-0.25, -0.2) is 9.78 Å². The highest BCUT2D eigenvalue weighted by Crippen LogP contribution is 2.26. The Labute approximate surface area is 162 Å². The molecule has 138 valence electrons. The van der Waals surface area contributed by atoms with Gasteiger partial charge in [-0.1, -0.05) is 36.4 Å². The minimum Gasteiger partial charge on any atom is -0.462 e. The van der Waals surface area contributed by atoms with Crippen molar-refractivity contribution >= 4 is 28.9 Å². The molecular formula is C21H20N2O3S. The molecule has 0 bridgehead atoms. The number of esters is 1. The molecule has 0 aliphatic carbocycles. The average molecular weight is 380 g/mol. The second-order valence-electron chi connectivity index (χ2n) is 5.93. The molecule has 27 heavy (non-hydrogen) atoms. The molecule has 0 saturated heterocycles. The molecular weight excluding hydrogens is 360 g/mol. The number of amides is 1. The number of aromatic nitrogens is 1. The first kappa shape index (κ1) is 18.8. The highest BCUT2D eigenvalue weighted by atomic mass is 32.1. The van der Waals surface area contributed by atoms with E-state index in [0.29, 0.717) is 16.9 Å². The number of carbonyl (C=O) groups is 2. The minimum atomic E-state index is -0.463. The van der Waals surface area contributed by atoms with Gasteiger partial charge in [-0.05, 0) is 37.1 Å². The van der Waals surface area contributed by atoms with Crippen molar-refractivity contribution in [2.75, 3.05) is 11.9 Å². The average Bonchev–Trinajstić information content (AvgIpc) is 3.07. The molecule has 5 nitrogen and oxygen atoms in total. The Morgan fingerprint density at radius 3 is 2.56 bits per heavy atom. The molecule has 0 saturated carbocycles. The first-order chi connectivity index (χ1) is 13.1. The highest BCUT2D eigenvalue weighted by Gasteiger charge is 2.17. The van der Waals surface area contributed by atoms with Gasteiger partial charge in [0.25, 0.3) is 0 Å². The van der Waals surface area contributed by atoms with Gasteiger partial charge in [0.15, 0.2) is 0 Å². The van der Waals surface area contributed by atoms with Crippen molar-refractivity contribution in [2.24, 2.45) is 0 Å². The van der Waals surface area contributed by atoms with Gasteiger partial charge >= 0.3 is 5.97 Å². The lowest BCUT2D eigenvalue weighted by Crippen LogP contribution is -2.18. The molecule has 0 unspecified atom stereocenters. The third kappa shape index (κ3) is 4.80. The van der Waals surface area contributed by atoms with Crippen molar-refractivity contribution < 1.29 is 14.3 Å². The summed E-state index contributed by atoms with van der Waals surface area (Å²) in [6.07, 6.45) is 0.160. The fourth-order valence-corrected chi connectivity index (χ4v) is 3.30. The monoisotopic (exact) mass is 380 g/mol. The predicted octanol–water partition coefficient (Wildman–Crippen LogP) is 4.48. The van der Waals surface area contributed by atoms with Gasteiger partial charge in [-0.2, -0.15) is 0 Å². The third-order valence-corrected chi connectivity index (χ3v) is 4.73. The largest absolute Gasteiger partial charge is 0.462 e. The lowest BCUT2D eigenvalue weighted by atomic mass is 10.0. The summed E-state index contributed by atoms with van der Waals surface area (Å²) >= 11 is 1.50. The van der Waals surface area contributed by atoms with E-state index in [1.54, 1.807) is 19.1 Å². The third-order valence-electron chi connectivity index (χ3n) is 3.90. The molecule has 1 N–H and O–H groups in total. The van der Waals surface area contributed by atoms with E-state index < -0.39 is 5.97 Å². The Morgan fingerprint density at radius 2 is 1.89 bits per heavy atom. The zero-order chi connectivity index (χ0) is 19.2. The van der Waals surface area contributed by atoms with Crippen LogP contribution < -0.4 is 5.32 Å². The van der Waals surface area contributed by atoms with E-state index in [2.05, 4.69) is 10.3 Å². The number of rotatable bonds is 6. The van der Waals surface area contributed by atoms with E-state index in [9.17, 15) is 9.59 Å². The Hall–Kier alpha value is -2.99. The van der Waals surface area contributed by atoms with E-state index in [-0.39, 0.29) is 18.9 Å². The number of nitrogens with zero attached hydrogens (tertiary/aromatic N) is 1. The summed E-state index contributed by atoms with van der Waals surface area (Å²) in [7, 11) is 0.